The highest BCUT2D eigenvalue weighted by Gasteiger charge is 2.20. The van der Waals surface area contributed by atoms with Crippen LogP contribution in [-0.2, 0) is 0 Å². The standard InChI is InChI=1S/C15H17N7O2/c1-8(13-19-14(9(2)23)22-21-13)18-15(24)11-7-17-20-12(11)10-3-5-16-6-4-10/h3-9,23H,1-2H3,(H,17,20)(H,18,24)(H,19,21,22). The first-order valence-corrected chi connectivity index (χ1v) is 7.41. The number of aromatic nitrogens is 6. The van der Waals surface area contributed by atoms with Crippen LogP contribution in [0.25, 0.3) is 11.3 Å². The Balaban J connectivity index is 1.77. The Bertz CT molecular complexity index is 825. The number of hydrogen-bond donors (Lipinski definition) is 4. The molecule has 3 rings (SSSR count). The van der Waals surface area contributed by atoms with Gasteiger partial charge in [0.15, 0.2) is 5.82 Å². The maximum Gasteiger partial charge on any atom is 0.255 e. The molecule has 0 aliphatic heterocycles. The molecule has 0 bridgehead atoms. The number of pyridine rings is 1. The fraction of sp³-hybridized carbons (Fsp3) is 0.267. The second-order valence-electron chi connectivity index (χ2n) is 5.34. The van der Waals surface area contributed by atoms with E-state index in [0.29, 0.717) is 17.1 Å². The number of aliphatic hydroxyl groups is 1. The highest BCUT2D eigenvalue weighted by atomic mass is 16.3. The molecule has 0 saturated heterocycles. The summed E-state index contributed by atoms with van der Waals surface area (Å²) in [6.07, 6.45) is 3.99. The molecule has 2 atom stereocenters. The summed E-state index contributed by atoms with van der Waals surface area (Å²) >= 11 is 0. The van der Waals surface area contributed by atoms with Crippen LogP contribution in [0.2, 0.25) is 0 Å². The first-order chi connectivity index (χ1) is 11.6. The average Bonchev–Trinajstić information content (AvgIpc) is 3.25. The number of rotatable bonds is 5. The number of amides is 1. The number of H-pyrrole nitrogens is 2. The van der Waals surface area contributed by atoms with E-state index in [-0.39, 0.29) is 11.7 Å². The summed E-state index contributed by atoms with van der Waals surface area (Å²) in [4.78, 5) is 20.6. The van der Waals surface area contributed by atoms with Gasteiger partial charge in [-0.25, -0.2) is 4.98 Å². The van der Waals surface area contributed by atoms with Crippen LogP contribution in [0, 0.1) is 0 Å². The lowest BCUT2D eigenvalue weighted by Crippen LogP contribution is -2.27. The Hall–Kier alpha value is -3.07. The predicted molar refractivity (Wildman–Crippen MR) is 84.7 cm³/mol. The first-order valence-electron chi connectivity index (χ1n) is 7.41. The second-order valence-corrected chi connectivity index (χ2v) is 5.34. The maximum atomic E-state index is 12.5. The van der Waals surface area contributed by atoms with Crippen LogP contribution < -0.4 is 5.32 Å². The summed E-state index contributed by atoms with van der Waals surface area (Å²) in [6.45, 7) is 3.35. The van der Waals surface area contributed by atoms with Crippen molar-refractivity contribution >= 4 is 5.91 Å². The number of carbonyl (C=O) groups is 1. The third-order valence-corrected chi connectivity index (χ3v) is 3.50. The smallest absolute Gasteiger partial charge is 0.255 e. The van der Waals surface area contributed by atoms with Gasteiger partial charge in [0.25, 0.3) is 5.91 Å². The number of aliphatic hydroxyl groups excluding tert-OH is 1. The minimum atomic E-state index is -0.773. The molecule has 0 aliphatic carbocycles. The normalized spacial score (nSPS) is 13.5. The first kappa shape index (κ1) is 15.8. The predicted octanol–water partition coefficient (Wildman–Crippen LogP) is 1.13. The van der Waals surface area contributed by atoms with Gasteiger partial charge in [0.2, 0.25) is 0 Å². The van der Waals surface area contributed by atoms with Crippen molar-refractivity contribution in [2.24, 2.45) is 0 Å². The highest BCUT2D eigenvalue weighted by molar-refractivity contribution is 5.99. The molecule has 0 saturated carbocycles. The molecule has 0 radical (unpaired) electrons. The zero-order valence-electron chi connectivity index (χ0n) is 13.2. The molecule has 1 amide bonds. The van der Waals surface area contributed by atoms with Crippen molar-refractivity contribution in [3.8, 4) is 11.3 Å². The Morgan fingerprint density at radius 1 is 1.25 bits per heavy atom. The van der Waals surface area contributed by atoms with Crippen molar-refractivity contribution in [2.45, 2.75) is 26.0 Å². The summed E-state index contributed by atoms with van der Waals surface area (Å²) in [5.41, 5.74) is 1.85. The van der Waals surface area contributed by atoms with Gasteiger partial charge >= 0.3 is 0 Å². The minimum absolute atomic E-state index is 0.284. The van der Waals surface area contributed by atoms with E-state index in [1.165, 1.54) is 6.20 Å². The molecule has 0 spiro atoms. The largest absolute Gasteiger partial charge is 0.385 e. The molecule has 2 unspecified atom stereocenters. The summed E-state index contributed by atoms with van der Waals surface area (Å²) in [5, 5.41) is 25.7. The molecular weight excluding hydrogens is 310 g/mol. The molecule has 3 heterocycles. The summed E-state index contributed by atoms with van der Waals surface area (Å²) < 4.78 is 0. The van der Waals surface area contributed by atoms with Gasteiger partial charge in [0.05, 0.1) is 23.5 Å². The van der Waals surface area contributed by atoms with Gasteiger partial charge in [-0.15, -0.1) is 0 Å². The minimum Gasteiger partial charge on any atom is -0.385 e. The molecule has 0 fully saturated rings. The van der Waals surface area contributed by atoms with Crippen molar-refractivity contribution in [3.05, 3.63) is 47.9 Å². The van der Waals surface area contributed by atoms with Gasteiger partial charge < -0.3 is 10.4 Å². The van der Waals surface area contributed by atoms with Crippen molar-refractivity contribution in [1.82, 2.24) is 35.7 Å². The van der Waals surface area contributed by atoms with Crippen LogP contribution >= 0.6 is 0 Å². The topological polar surface area (TPSA) is 132 Å². The lowest BCUT2D eigenvalue weighted by Gasteiger charge is -2.11. The molecule has 3 aromatic heterocycles. The fourth-order valence-corrected chi connectivity index (χ4v) is 2.21. The van der Waals surface area contributed by atoms with E-state index in [2.05, 4.69) is 35.7 Å². The molecule has 124 valence electrons. The van der Waals surface area contributed by atoms with Crippen LogP contribution in [0.1, 0.15) is 48.0 Å². The Morgan fingerprint density at radius 3 is 2.67 bits per heavy atom. The molecule has 0 aliphatic rings. The number of nitrogens with zero attached hydrogens (tertiary/aromatic N) is 4. The zero-order valence-corrected chi connectivity index (χ0v) is 13.2. The summed E-state index contributed by atoms with van der Waals surface area (Å²) in [5.74, 6) is 0.457. The molecule has 3 aromatic rings. The average molecular weight is 327 g/mol. The Labute approximate surface area is 137 Å². The molecule has 4 N–H and O–H groups in total. The van der Waals surface area contributed by atoms with Gasteiger partial charge in [0, 0.05) is 18.0 Å². The van der Waals surface area contributed by atoms with Crippen LogP contribution in [-0.4, -0.2) is 41.4 Å². The van der Waals surface area contributed by atoms with Gasteiger partial charge in [0.1, 0.15) is 11.9 Å². The van der Waals surface area contributed by atoms with Crippen LogP contribution in [0.4, 0.5) is 0 Å². The zero-order chi connectivity index (χ0) is 17.1. The molecule has 9 nitrogen and oxygen atoms in total. The summed E-state index contributed by atoms with van der Waals surface area (Å²) in [7, 11) is 0. The number of nitrogens with one attached hydrogen (secondary N) is 3. The SMILES string of the molecule is CC(O)c1n[nH]c(C(C)NC(=O)c2cn[nH]c2-c2ccncc2)n1. The quantitative estimate of drug-likeness (QED) is 0.555. The highest BCUT2D eigenvalue weighted by Crippen LogP contribution is 2.21. The number of hydrogen-bond acceptors (Lipinski definition) is 6. The van der Waals surface area contributed by atoms with Crippen molar-refractivity contribution in [2.75, 3.05) is 0 Å². The maximum absolute atomic E-state index is 12.5. The van der Waals surface area contributed by atoms with E-state index < -0.39 is 12.1 Å². The Morgan fingerprint density at radius 2 is 2.00 bits per heavy atom. The fourth-order valence-electron chi connectivity index (χ4n) is 2.21. The van der Waals surface area contributed by atoms with Crippen molar-refractivity contribution in [1.29, 1.82) is 0 Å². The van der Waals surface area contributed by atoms with Gasteiger partial charge in [-0.05, 0) is 26.0 Å². The van der Waals surface area contributed by atoms with Gasteiger partial charge in [-0.2, -0.15) is 10.2 Å². The van der Waals surface area contributed by atoms with Crippen LogP contribution in [0.3, 0.4) is 0 Å². The lowest BCUT2D eigenvalue weighted by molar-refractivity contribution is 0.0939. The molecule has 0 aromatic carbocycles. The van der Waals surface area contributed by atoms with Gasteiger partial charge in [-0.1, -0.05) is 0 Å². The third-order valence-electron chi connectivity index (χ3n) is 3.50. The summed E-state index contributed by atoms with van der Waals surface area (Å²) in [6, 6.07) is 3.18. The molecule has 9 heteroatoms. The molecular formula is C15H17N7O2. The molecule has 24 heavy (non-hydrogen) atoms. The lowest BCUT2D eigenvalue weighted by atomic mass is 10.1. The third kappa shape index (κ3) is 3.15. The van der Waals surface area contributed by atoms with Crippen molar-refractivity contribution in [3.63, 3.8) is 0 Å². The van der Waals surface area contributed by atoms with E-state index in [1.54, 1.807) is 38.4 Å². The van der Waals surface area contributed by atoms with Crippen LogP contribution in [0.15, 0.2) is 30.7 Å². The van der Waals surface area contributed by atoms with Crippen molar-refractivity contribution < 1.29 is 9.90 Å². The van der Waals surface area contributed by atoms with E-state index in [1.807, 2.05) is 0 Å². The van der Waals surface area contributed by atoms with E-state index in [0.717, 1.165) is 5.56 Å². The van der Waals surface area contributed by atoms with Crippen LogP contribution in [0.5, 0.6) is 0 Å². The van der Waals surface area contributed by atoms with E-state index >= 15 is 0 Å². The monoisotopic (exact) mass is 327 g/mol. The Kier molecular flexibility index (Phi) is 4.34. The second kappa shape index (κ2) is 6.59. The van der Waals surface area contributed by atoms with E-state index in [9.17, 15) is 9.90 Å². The number of carbonyl (C=O) groups excluding carboxylic acids is 1. The van der Waals surface area contributed by atoms with E-state index in [4.69, 9.17) is 0 Å². The van der Waals surface area contributed by atoms with Gasteiger partial charge in [-0.3, -0.25) is 20.0 Å². The number of aromatic amines is 2.